The lowest BCUT2D eigenvalue weighted by atomic mass is 10.00. The third kappa shape index (κ3) is 2.04. The highest BCUT2D eigenvalue weighted by molar-refractivity contribution is 5.99. The van der Waals surface area contributed by atoms with Crippen LogP contribution in [0.4, 0.5) is 0 Å². The molecule has 0 unspecified atom stereocenters. The van der Waals surface area contributed by atoms with Gasteiger partial charge in [-0.05, 0) is 13.0 Å². The SMILES string of the molecule is COC(=O)[C@H]1CCNCCC1=O. The fraction of sp³-hybridized carbons (Fsp3) is 0.750. The van der Waals surface area contributed by atoms with Crippen molar-refractivity contribution in [2.45, 2.75) is 12.8 Å². The van der Waals surface area contributed by atoms with E-state index in [-0.39, 0.29) is 5.78 Å². The van der Waals surface area contributed by atoms with Crippen LogP contribution in [0.1, 0.15) is 12.8 Å². The molecule has 0 saturated carbocycles. The van der Waals surface area contributed by atoms with Crippen molar-refractivity contribution in [3.63, 3.8) is 0 Å². The standard InChI is InChI=1S/C8H13NO3/c1-12-8(11)6-2-4-9-5-3-7(6)10/h6,9H,2-5H2,1H3/t6-/m0/s1. The van der Waals surface area contributed by atoms with Gasteiger partial charge in [-0.3, -0.25) is 9.59 Å². The quantitative estimate of drug-likeness (QED) is 0.436. The van der Waals surface area contributed by atoms with Gasteiger partial charge in [0.25, 0.3) is 0 Å². The van der Waals surface area contributed by atoms with E-state index < -0.39 is 11.9 Å². The van der Waals surface area contributed by atoms with Gasteiger partial charge in [-0.15, -0.1) is 0 Å². The van der Waals surface area contributed by atoms with Crippen molar-refractivity contribution in [3.8, 4) is 0 Å². The Balaban J connectivity index is 2.59. The maximum absolute atomic E-state index is 11.3. The zero-order valence-corrected chi connectivity index (χ0v) is 7.13. The van der Waals surface area contributed by atoms with Crippen LogP contribution < -0.4 is 5.32 Å². The van der Waals surface area contributed by atoms with Crippen LogP contribution in [0.25, 0.3) is 0 Å². The first-order valence-electron chi connectivity index (χ1n) is 4.07. The molecule has 1 atom stereocenters. The molecule has 1 rings (SSSR count). The van der Waals surface area contributed by atoms with Crippen molar-refractivity contribution in [2.24, 2.45) is 5.92 Å². The lowest BCUT2D eigenvalue weighted by Crippen LogP contribution is -2.24. The van der Waals surface area contributed by atoms with Crippen molar-refractivity contribution in [1.29, 1.82) is 0 Å². The maximum atomic E-state index is 11.3. The Morgan fingerprint density at radius 1 is 1.58 bits per heavy atom. The summed E-state index contributed by atoms with van der Waals surface area (Å²) in [6.07, 6.45) is 0.991. The zero-order chi connectivity index (χ0) is 8.97. The molecule has 4 nitrogen and oxygen atoms in total. The van der Waals surface area contributed by atoms with Crippen LogP contribution in [0, 0.1) is 5.92 Å². The second kappa shape index (κ2) is 4.21. The molecule has 0 aliphatic carbocycles. The fourth-order valence-electron chi connectivity index (χ4n) is 1.31. The topological polar surface area (TPSA) is 55.4 Å². The van der Waals surface area contributed by atoms with Crippen molar-refractivity contribution in [1.82, 2.24) is 5.32 Å². The minimum atomic E-state index is -0.537. The van der Waals surface area contributed by atoms with Crippen LogP contribution in [0.15, 0.2) is 0 Å². The number of ether oxygens (including phenoxy) is 1. The largest absolute Gasteiger partial charge is 0.468 e. The van der Waals surface area contributed by atoms with Crippen LogP contribution in [-0.4, -0.2) is 32.0 Å². The molecule has 1 fully saturated rings. The number of nitrogens with one attached hydrogen (secondary N) is 1. The number of carbonyl (C=O) groups excluding carboxylic acids is 2. The lowest BCUT2D eigenvalue weighted by molar-refractivity contribution is -0.149. The summed E-state index contributed by atoms with van der Waals surface area (Å²) in [5, 5.41) is 3.06. The number of rotatable bonds is 1. The number of methoxy groups -OCH3 is 1. The molecule has 4 heteroatoms. The molecule has 1 heterocycles. The number of carbonyl (C=O) groups is 2. The van der Waals surface area contributed by atoms with E-state index >= 15 is 0 Å². The summed E-state index contributed by atoms with van der Waals surface area (Å²) >= 11 is 0. The first kappa shape index (κ1) is 9.19. The van der Waals surface area contributed by atoms with Gasteiger partial charge in [-0.1, -0.05) is 0 Å². The molecule has 0 aromatic carbocycles. The zero-order valence-electron chi connectivity index (χ0n) is 7.13. The molecule has 0 bridgehead atoms. The Labute approximate surface area is 71.3 Å². The first-order valence-corrected chi connectivity index (χ1v) is 4.07. The van der Waals surface area contributed by atoms with Gasteiger partial charge in [0.15, 0.2) is 0 Å². The van der Waals surface area contributed by atoms with Crippen LogP contribution in [0.2, 0.25) is 0 Å². The maximum Gasteiger partial charge on any atom is 0.316 e. The number of hydrogen-bond acceptors (Lipinski definition) is 4. The molecule has 0 aromatic rings. The second-order valence-electron chi connectivity index (χ2n) is 2.83. The average Bonchev–Trinajstić information content (AvgIpc) is 2.28. The molecule has 1 saturated heterocycles. The van der Waals surface area contributed by atoms with Crippen molar-refractivity contribution >= 4 is 11.8 Å². The third-order valence-electron chi connectivity index (χ3n) is 2.03. The Bertz CT molecular complexity index is 191. The molecule has 0 amide bonds. The molecule has 0 radical (unpaired) electrons. The highest BCUT2D eigenvalue weighted by atomic mass is 16.5. The highest BCUT2D eigenvalue weighted by Gasteiger charge is 2.27. The molecule has 12 heavy (non-hydrogen) atoms. The van der Waals surface area contributed by atoms with Crippen LogP contribution >= 0.6 is 0 Å². The molecular formula is C8H13NO3. The van der Waals surface area contributed by atoms with E-state index in [9.17, 15) is 9.59 Å². The average molecular weight is 171 g/mol. The Morgan fingerprint density at radius 3 is 3.00 bits per heavy atom. The molecule has 1 aliphatic heterocycles. The van der Waals surface area contributed by atoms with Gasteiger partial charge < -0.3 is 10.1 Å². The van der Waals surface area contributed by atoms with Crippen LogP contribution in [-0.2, 0) is 14.3 Å². The minimum absolute atomic E-state index is 0.00755. The fourth-order valence-corrected chi connectivity index (χ4v) is 1.31. The summed E-state index contributed by atoms with van der Waals surface area (Å²) < 4.78 is 4.53. The van der Waals surface area contributed by atoms with Crippen molar-refractivity contribution < 1.29 is 14.3 Å². The van der Waals surface area contributed by atoms with E-state index in [1.807, 2.05) is 0 Å². The number of esters is 1. The molecule has 0 spiro atoms. The van der Waals surface area contributed by atoms with E-state index in [1.165, 1.54) is 7.11 Å². The molecular weight excluding hydrogens is 158 g/mol. The summed E-state index contributed by atoms with van der Waals surface area (Å²) in [6, 6.07) is 0. The van der Waals surface area contributed by atoms with E-state index in [0.717, 1.165) is 0 Å². The monoisotopic (exact) mass is 171 g/mol. The molecule has 1 aliphatic rings. The molecule has 0 aromatic heterocycles. The van der Waals surface area contributed by atoms with Gasteiger partial charge in [0.2, 0.25) is 0 Å². The normalized spacial score (nSPS) is 24.8. The van der Waals surface area contributed by atoms with Crippen molar-refractivity contribution in [3.05, 3.63) is 0 Å². The Morgan fingerprint density at radius 2 is 2.33 bits per heavy atom. The Hall–Kier alpha value is -0.900. The van der Waals surface area contributed by atoms with Crippen molar-refractivity contribution in [2.75, 3.05) is 20.2 Å². The number of Topliss-reactive ketones (excluding diaryl/α,β-unsaturated/α-hetero) is 1. The summed E-state index contributed by atoms with van der Waals surface area (Å²) in [5.74, 6) is -0.944. The highest BCUT2D eigenvalue weighted by Crippen LogP contribution is 2.10. The van der Waals surface area contributed by atoms with Gasteiger partial charge in [-0.25, -0.2) is 0 Å². The van der Waals surface area contributed by atoms with Gasteiger partial charge in [0, 0.05) is 13.0 Å². The predicted molar refractivity (Wildman–Crippen MR) is 42.6 cm³/mol. The van der Waals surface area contributed by atoms with E-state index in [2.05, 4.69) is 10.1 Å². The van der Waals surface area contributed by atoms with Crippen LogP contribution in [0.5, 0.6) is 0 Å². The lowest BCUT2D eigenvalue weighted by Gasteiger charge is -2.08. The minimum Gasteiger partial charge on any atom is -0.468 e. The first-order chi connectivity index (χ1) is 5.75. The van der Waals surface area contributed by atoms with Gasteiger partial charge in [0.1, 0.15) is 11.7 Å². The van der Waals surface area contributed by atoms with Gasteiger partial charge in [-0.2, -0.15) is 0 Å². The molecule has 1 N–H and O–H groups in total. The molecule has 68 valence electrons. The second-order valence-corrected chi connectivity index (χ2v) is 2.83. The van der Waals surface area contributed by atoms with Gasteiger partial charge in [0.05, 0.1) is 7.11 Å². The van der Waals surface area contributed by atoms with Gasteiger partial charge >= 0.3 is 5.97 Å². The number of ketones is 1. The number of hydrogen-bond donors (Lipinski definition) is 1. The third-order valence-corrected chi connectivity index (χ3v) is 2.03. The smallest absolute Gasteiger partial charge is 0.316 e. The Kier molecular flexibility index (Phi) is 3.22. The van der Waals surface area contributed by atoms with E-state index in [1.54, 1.807) is 0 Å². The van der Waals surface area contributed by atoms with Crippen LogP contribution in [0.3, 0.4) is 0 Å². The summed E-state index contributed by atoms with van der Waals surface area (Å²) in [5.41, 5.74) is 0. The van der Waals surface area contributed by atoms with E-state index in [4.69, 9.17) is 0 Å². The summed E-state index contributed by atoms with van der Waals surface area (Å²) in [6.45, 7) is 1.39. The predicted octanol–water partition coefficient (Wildman–Crippen LogP) is -0.272. The summed E-state index contributed by atoms with van der Waals surface area (Å²) in [7, 11) is 1.31. The summed E-state index contributed by atoms with van der Waals surface area (Å²) in [4.78, 5) is 22.3. The van der Waals surface area contributed by atoms with E-state index in [0.29, 0.717) is 25.9 Å².